The number of halogens is 1. The molecule has 0 bridgehead atoms. The molecule has 0 aromatic heterocycles. The highest BCUT2D eigenvalue weighted by Crippen LogP contribution is 1.83. The van der Waals surface area contributed by atoms with Crippen molar-refractivity contribution in [1.82, 2.24) is 0 Å². The molecule has 10 heavy (non-hydrogen) atoms. The average Bonchev–Trinajstić information content (AvgIpc) is 1.79. The zero-order chi connectivity index (χ0) is 7.98. The van der Waals surface area contributed by atoms with Crippen molar-refractivity contribution >= 4 is 12.2 Å². The van der Waals surface area contributed by atoms with Crippen molar-refractivity contribution in [1.29, 1.82) is 0 Å². The SMILES string of the molecule is CC(=O)OCCOC(=O)F. The first-order valence-electron chi connectivity index (χ1n) is 2.58. The Kier molecular flexibility index (Phi) is 4.19. The van der Waals surface area contributed by atoms with E-state index in [9.17, 15) is 14.0 Å². The van der Waals surface area contributed by atoms with E-state index < -0.39 is 12.2 Å². The molecule has 0 saturated carbocycles. The van der Waals surface area contributed by atoms with Crippen molar-refractivity contribution < 1.29 is 23.5 Å². The van der Waals surface area contributed by atoms with Gasteiger partial charge >= 0.3 is 12.2 Å². The number of carbonyl (C=O) groups is 2. The van der Waals surface area contributed by atoms with Crippen LogP contribution in [0.25, 0.3) is 0 Å². The van der Waals surface area contributed by atoms with Gasteiger partial charge in [-0.1, -0.05) is 0 Å². The van der Waals surface area contributed by atoms with Crippen LogP contribution in [0.15, 0.2) is 0 Å². The van der Waals surface area contributed by atoms with Crippen molar-refractivity contribution in [3.8, 4) is 0 Å². The van der Waals surface area contributed by atoms with Gasteiger partial charge in [-0.3, -0.25) is 4.79 Å². The first-order valence-corrected chi connectivity index (χ1v) is 2.58. The fourth-order valence-electron chi connectivity index (χ4n) is 0.307. The largest absolute Gasteiger partial charge is 0.495 e. The van der Waals surface area contributed by atoms with Crippen LogP contribution in [0.5, 0.6) is 0 Å². The molecular weight excluding hydrogens is 143 g/mol. The van der Waals surface area contributed by atoms with Crippen molar-refractivity contribution in [3.05, 3.63) is 0 Å². The number of rotatable bonds is 3. The molecule has 0 aliphatic carbocycles. The van der Waals surface area contributed by atoms with E-state index >= 15 is 0 Å². The third-order valence-electron chi connectivity index (χ3n) is 0.604. The van der Waals surface area contributed by atoms with Crippen molar-refractivity contribution in [3.63, 3.8) is 0 Å². The van der Waals surface area contributed by atoms with E-state index in [0.717, 1.165) is 0 Å². The lowest BCUT2D eigenvalue weighted by Gasteiger charge is -1.98. The van der Waals surface area contributed by atoms with Gasteiger partial charge in [0.15, 0.2) is 0 Å². The second-order valence-corrected chi connectivity index (χ2v) is 1.43. The molecule has 0 saturated heterocycles. The van der Waals surface area contributed by atoms with Crippen LogP contribution in [0.1, 0.15) is 6.92 Å². The summed E-state index contributed by atoms with van der Waals surface area (Å²) in [5.74, 6) is -0.491. The average molecular weight is 150 g/mol. The molecule has 0 fully saturated rings. The summed E-state index contributed by atoms with van der Waals surface area (Å²) in [6.45, 7) is 0.858. The maximum atomic E-state index is 11.2. The maximum Gasteiger partial charge on any atom is 0.495 e. The van der Waals surface area contributed by atoms with Gasteiger partial charge in [0.05, 0.1) is 0 Å². The van der Waals surface area contributed by atoms with Gasteiger partial charge in [0, 0.05) is 6.92 Å². The molecule has 0 aliphatic heterocycles. The Bertz CT molecular complexity index is 118. The van der Waals surface area contributed by atoms with Crippen LogP contribution in [0.3, 0.4) is 0 Å². The highest BCUT2D eigenvalue weighted by atomic mass is 19.1. The first-order chi connectivity index (χ1) is 4.63. The zero-order valence-electron chi connectivity index (χ0n) is 5.43. The van der Waals surface area contributed by atoms with Crippen molar-refractivity contribution in [2.75, 3.05) is 13.2 Å². The van der Waals surface area contributed by atoms with Gasteiger partial charge in [-0.25, -0.2) is 4.79 Å². The molecule has 58 valence electrons. The number of esters is 1. The van der Waals surface area contributed by atoms with Crippen molar-refractivity contribution in [2.24, 2.45) is 0 Å². The van der Waals surface area contributed by atoms with E-state index in [0.29, 0.717) is 0 Å². The van der Waals surface area contributed by atoms with Gasteiger partial charge < -0.3 is 9.47 Å². The standard InChI is InChI=1S/C5H7FO4/c1-4(7)9-2-3-10-5(6)8/h2-3H2,1H3. The Labute approximate surface area is 56.9 Å². The second kappa shape index (κ2) is 4.72. The van der Waals surface area contributed by atoms with Crippen LogP contribution < -0.4 is 0 Å². The topological polar surface area (TPSA) is 52.6 Å². The predicted octanol–water partition coefficient (Wildman–Crippen LogP) is 0.656. The summed E-state index contributed by atoms with van der Waals surface area (Å²) in [5.41, 5.74) is 0. The summed E-state index contributed by atoms with van der Waals surface area (Å²) in [7, 11) is 0. The Hall–Kier alpha value is -1.13. The minimum Gasteiger partial charge on any atom is -0.462 e. The summed E-state index contributed by atoms with van der Waals surface area (Å²) in [6, 6.07) is 0. The number of ether oxygens (including phenoxy) is 2. The number of hydrogen-bond donors (Lipinski definition) is 0. The molecule has 0 aromatic carbocycles. The van der Waals surface area contributed by atoms with E-state index in [1.165, 1.54) is 6.92 Å². The fourth-order valence-corrected chi connectivity index (χ4v) is 0.307. The molecular formula is C5H7FO4. The Morgan fingerprint density at radius 3 is 2.20 bits per heavy atom. The van der Waals surface area contributed by atoms with Gasteiger partial charge in [0.25, 0.3) is 0 Å². The zero-order valence-corrected chi connectivity index (χ0v) is 5.43. The molecule has 0 N–H and O–H groups in total. The molecule has 0 radical (unpaired) electrons. The number of hydrogen-bond acceptors (Lipinski definition) is 4. The van der Waals surface area contributed by atoms with Gasteiger partial charge in [-0.15, -0.1) is 4.39 Å². The van der Waals surface area contributed by atoms with E-state index in [1.807, 2.05) is 0 Å². The lowest BCUT2D eigenvalue weighted by atomic mass is 10.7. The quantitative estimate of drug-likeness (QED) is 0.337. The maximum absolute atomic E-state index is 11.2. The van der Waals surface area contributed by atoms with Crippen molar-refractivity contribution in [2.45, 2.75) is 6.92 Å². The highest BCUT2D eigenvalue weighted by molar-refractivity contribution is 5.65. The minimum atomic E-state index is -1.87. The van der Waals surface area contributed by atoms with Crippen LogP contribution in [0.4, 0.5) is 9.18 Å². The Morgan fingerprint density at radius 2 is 1.80 bits per heavy atom. The van der Waals surface area contributed by atoms with Crippen LogP contribution in [0.2, 0.25) is 0 Å². The van der Waals surface area contributed by atoms with E-state index in [-0.39, 0.29) is 13.2 Å². The summed E-state index contributed by atoms with van der Waals surface area (Å²) in [5, 5.41) is 0. The molecule has 0 unspecified atom stereocenters. The van der Waals surface area contributed by atoms with Crippen LogP contribution in [-0.2, 0) is 14.3 Å². The molecule has 5 heteroatoms. The summed E-state index contributed by atoms with van der Waals surface area (Å²) < 4.78 is 19.3. The van der Waals surface area contributed by atoms with E-state index in [2.05, 4.69) is 9.47 Å². The highest BCUT2D eigenvalue weighted by Gasteiger charge is 1.97. The monoisotopic (exact) mass is 150 g/mol. The van der Waals surface area contributed by atoms with Crippen LogP contribution >= 0.6 is 0 Å². The predicted molar refractivity (Wildman–Crippen MR) is 29.1 cm³/mol. The summed E-state index contributed by atoms with van der Waals surface area (Å²) in [6.07, 6.45) is -1.87. The fraction of sp³-hybridized carbons (Fsp3) is 0.600. The second-order valence-electron chi connectivity index (χ2n) is 1.43. The van der Waals surface area contributed by atoms with Gasteiger partial charge in [-0.05, 0) is 0 Å². The third-order valence-corrected chi connectivity index (χ3v) is 0.604. The normalized spacial score (nSPS) is 8.60. The van der Waals surface area contributed by atoms with Crippen LogP contribution in [0, 0.1) is 0 Å². The van der Waals surface area contributed by atoms with E-state index in [1.54, 1.807) is 0 Å². The molecule has 0 spiro atoms. The molecule has 4 nitrogen and oxygen atoms in total. The van der Waals surface area contributed by atoms with Crippen LogP contribution in [-0.4, -0.2) is 25.4 Å². The van der Waals surface area contributed by atoms with Gasteiger partial charge in [0.2, 0.25) is 0 Å². The number of carbonyl (C=O) groups excluding carboxylic acids is 2. The summed E-state index contributed by atoms with van der Waals surface area (Å²) in [4.78, 5) is 19.5. The van der Waals surface area contributed by atoms with E-state index in [4.69, 9.17) is 0 Å². The lowest BCUT2D eigenvalue weighted by Crippen LogP contribution is -2.08. The summed E-state index contributed by atoms with van der Waals surface area (Å²) >= 11 is 0. The molecule has 0 amide bonds. The minimum absolute atomic E-state index is 0.106. The molecule has 0 aliphatic rings. The Morgan fingerprint density at radius 1 is 1.30 bits per heavy atom. The van der Waals surface area contributed by atoms with Gasteiger partial charge in [0.1, 0.15) is 13.2 Å². The molecule has 0 aromatic rings. The molecule has 0 rings (SSSR count). The molecule has 0 atom stereocenters. The molecule has 0 heterocycles. The first kappa shape index (κ1) is 8.87. The Balaban J connectivity index is 3.06. The smallest absolute Gasteiger partial charge is 0.462 e. The third kappa shape index (κ3) is 6.87. The van der Waals surface area contributed by atoms with Gasteiger partial charge in [-0.2, -0.15) is 0 Å². The lowest BCUT2D eigenvalue weighted by molar-refractivity contribution is -0.142.